The lowest BCUT2D eigenvalue weighted by Crippen LogP contribution is -2.48. The average molecular weight is 419 g/mol. The van der Waals surface area contributed by atoms with E-state index in [0.717, 1.165) is 48.1 Å². The van der Waals surface area contributed by atoms with Crippen molar-refractivity contribution in [2.75, 3.05) is 38.2 Å². The molecule has 0 radical (unpaired) electrons. The molecule has 0 spiro atoms. The number of benzene rings is 3. The summed E-state index contributed by atoms with van der Waals surface area (Å²) in [6, 6.07) is 26.4. The summed E-state index contributed by atoms with van der Waals surface area (Å²) in [5, 5.41) is 0. The normalized spacial score (nSPS) is 13.9. The van der Waals surface area contributed by atoms with Crippen LogP contribution in [-0.4, -0.2) is 44.1 Å². The summed E-state index contributed by atoms with van der Waals surface area (Å²) < 4.78 is 5.24. The molecule has 3 aromatic rings. The van der Waals surface area contributed by atoms with Gasteiger partial charge in [-0.05, 0) is 42.0 Å². The second-order valence-corrected chi connectivity index (χ2v) is 8.26. The molecule has 1 aliphatic rings. The Morgan fingerprint density at radius 3 is 2.23 bits per heavy atom. The van der Waals surface area contributed by atoms with Crippen LogP contribution in [0.25, 0.3) is 0 Å². The maximum Gasteiger partial charge on any atom is 0.255 e. The molecule has 0 saturated carbocycles. The second kappa shape index (κ2) is 9.72. The first-order valence-electron chi connectivity index (χ1n) is 10.2. The number of piperazine rings is 1. The Hall–Kier alpha value is -2.92. The minimum atomic E-state index is 0.126. The molecule has 1 fully saturated rings. The van der Waals surface area contributed by atoms with Crippen molar-refractivity contribution in [3.05, 3.63) is 90.0 Å². The van der Waals surface area contributed by atoms with E-state index in [9.17, 15) is 4.79 Å². The van der Waals surface area contributed by atoms with Crippen molar-refractivity contribution in [2.45, 2.75) is 10.6 Å². The Morgan fingerprint density at radius 2 is 1.53 bits per heavy atom. The van der Waals surface area contributed by atoms with Crippen LogP contribution < -0.4 is 9.64 Å². The summed E-state index contributed by atoms with van der Waals surface area (Å²) >= 11 is 1.72. The first-order valence-corrected chi connectivity index (χ1v) is 11.2. The summed E-state index contributed by atoms with van der Waals surface area (Å²) in [5.74, 6) is 1.84. The third-order valence-electron chi connectivity index (χ3n) is 5.36. The van der Waals surface area contributed by atoms with Gasteiger partial charge >= 0.3 is 0 Å². The van der Waals surface area contributed by atoms with Gasteiger partial charge in [0.2, 0.25) is 0 Å². The van der Waals surface area contributed by atoms with Gasteiger partial charge in [0.1, 0.15) is 5.75 Å². The monoisotopic (exact) mass is 418 g/mol. The molecule has 154 valence electrons. The Bertz CT molecular complexity index is 968. The minimum Gasteiger partial charge on any atom is -0.497 e. The molecule has 0 N–H and O–H groups in total. The van der Waals surface area contributed by atoms with Crippen LogP contribution >= 0.6 is 11.8 Å². The molecule has 0 unspecified atom stereocenters. The average Bonchev–Trinajstić information content (AvgIpc) is 2.83. The van der Waals surface area contributed by atoms with Crippen LogP contribution in [0.4, 0.5) is 5.69 Å². The summed E-state index contributed by atoms with van der Waals surface area (Å²) in [6.07, 6.45) is 0. The van der Waals surface area contributed by atoms with E-state index in [1.807, 2.05) is 41.3 Å². The Morgan fingerprint density at radius 1 is 0.867 bits per heavy atom. The van der Waals surface area contributed by atoms with Crippen molar-refractivity contribution < 1.29 is 9.53 Å². The fraction of sp³-hybridized carbons (Fsp3) is 0.240. The molecular weight excluding hydrogens is 392 g/mol. The minimum absolute atomic E-state index is 0.126. The van der Waals surface area contributed by atoms with Crippen molar-refractivity contribution in [3.8, 4) is 5.75 Å². The third kappa shape index (κ3) is 4.79. The van der Waals surface area contributed by atoms with Crippen LogP contribution in [0.15, 0.2) is 83.8 Å². The molecule has 4 rings (SSSR count). The molecule has 0 atom stereocenters. The number of methoxy groups -OCH3 is 1. The van der Waals surface area contributed by atoms with Crippen molar-refractivity contribution >= 4 is 23.4 Å². The van der Waals surface area contributed by atoms with E-state index in [1.165, 1.54) is 11.3 Å². The van der Waals surface area contributed by atoms with Gasteiger partial charge in [-0.15, -0.1) is 11.8 Å². The molecule has 1 saturated heterocycles. The number of amides is 1. The Labute approximate surface area is 182 Å². The van der Waals surface area contributed by atoms with Gasteiger partial charge in [-0.1, -0.05) is 42.5 Å². The third-order valence-corrected chi connectivity index (χ3v) is 6.50. The van der Waals surface area contributed by atoms with Crippen molar-refractivity contribution in [1.29, 1.82) is 0 Å². The fourth-order valence-corrected chi connectivity index (χ4v) is 4.64. The van der Waals surface area contributed by atoms with Crippen LogP contribution in [0.3, 0.4) is 0 Å². The van der Waals surface area contributed by atoms with Gasteiger partial charge in [-0.25, -0.2) is 0 Å². The molecule has 3 aromatic carbocycles. The summed E-state index contributed by atoms with van der Waals surface area (Å²) in [5.41, 5.74) is 3.23. The fourth-order valence-electron chi connectivity index (χ4n) is 3.64. The largest absolute Gasteiger partial charge is 0.497 e. The lowest BCUT2D eigenvalue weighted by molar-refractivity contribution is 0.0743. The number of hydrogen-bond donors (Lipinski definition) is 0. The maximum absolute atomic E-state index is 13.2. The molecule has 0 bridgehead atoms. The zero-order valence-corrected chi connectivity index (χ0v) is 18.0. The summed E-state index contributed by atoms with van der Waals surface area (Å²) in [6.45, 7) is 3.11. The van der Waals surface area contributed by atoms with Crippen LogP contribution in [-0.2, 0) is 5.75 Å². The molecule has 0 aromatic heterocycles. The van der Waals surface area contributed by atoms with E-state index < -0.39 is 0 Å². The predicted octanol–water partition coefficient (Wildman–Crippen LogP) is 4.95. The molecule has 4 nitrogen and oxygen atoms in total. The SMILES string of the molecule is COc1ccc(N2CCN(C(=O)c3ccccc3SCc3ccccc3)CC2)cc1. The van der Waals surface area contributed by atoms with E-state index in [0.29, 0.717) is 0 Å². The number of rotatable bonds is 6. The second-order valence-electron chi connectivity index (χ2n) is 7.25. The summed E-state index contributed by atoms with van der Waals surface area (Å²) in [7, 11) is 1.68. The molecule has 5 heteroatoms. The number of carbonyl (C=O) groups is 1. The van der Waals surface area contributed by atoms with Crippen molar-refractivity contribution in [2.24, 2.45) is 0 Å². The van der Waals surface area contributed by atoms with Gasteiger partial charge in [0.15, 0.2) is 0 Å². The quantitative estimate of drug-likeness (QED) is 0.530. The highest BCUT2D eigenvalue weighted by molar-refractivity contribution is 7.98. The van der Waals surface area contributed by atoms with Crippen LogP contribution in [0.2, 0.25) is 0 Å². The molecule has 1 amide bonds. The lowest BCUT2D eigenvalue weighted by Gasteiger charge is -2.36. The Kier molecular flexibility index (Phi) is 6.60. The molecule has 30 heavy (non-hydrogen) atoms. The van der Waals surface area contributed by atoms with Gasteiger partial charge in [0.05, 0.1) is 12.7 Å². The van der Waals surface area contributed by atoms with E-state index in [1.54, 1.807) is 18.9 Å². The van der Waals surface area contributed by atoms with E-state index in [-0.39, 0.29) is 5.91 Å². The van der Waals surface area contributed by atoms with Gasteiger partial charge in [0.25, 0.3) is 5.91 Å². The van der Waals surface area contributed by atoms with Crippen molar-refractivity contribution in [1.82, 2.24) is 4.90 Å². The summed E-state index contributed by atoms with van der Waals surface area (Å²) in [4.78, 5) is 18.6. The molecular formula is C25H26N2O2S. The van der Waals surface area contributed by atoms with E-state index >= 15 is 0 Å². The highest BCUT2D eigenvalue weighted by Crippen LogP contribution is 2.28. The number of thioether (sulfide) groups is 1. The van der Waals surface area contributed by atoms with Crippen LogP contribution in [0.1, 0.15) is 15.9 Å². The number of hydrogen-bond acceptors (Lipinski definition) is 4. The Balaban J connectivity index is 1.39. The number of carbonyl (C=O) groups excluding carboxylic acids is 1. The number of nitrogens with zero attached hydrogens (tertiary/aromatic N) is 2. The zero-order valence-electron chi connectivity index (χ0n) is 17.2. The molecule has 1 heterocycles. The number of anilines is 1. The van der Waals surface area contributed by atoms with Crippen LogP contribution in [0, 0.1) is 0 Å². The van der Waals surface area contributed by atoms with Gasteiger partial charge in [-0.2, -0.15) is 0 Å². The van der Waals surface area contributed by atoms with E-state index in [4.69, 9.17) is 4.74 Å². The highest BCUT2D eigenvalue weighted by Gasteiger charge is 2.24. The van der Waals surface area contributed by atoms with Gasteiger partial charge < -0.3 is 14.5 Å². The number of ether oxygens (including phenoxy) is 1. The molecule has 0 aliphatic carbocycles. The maximum atomic E-state index is 13.2. The van der Waals surface area contributed by atoms with Crippen LogP contribution in [0.5, 0.6) is 5.75 Å². The van der Waals surface area contributed by atoms with Gasteiger partial charge in [0, 0.05) is 42.5 Å². The van der Waals surface area contributed by atoms with Gasteiger partial charge in [-0.3, -0.25) is 4.79 Å². The predicted molar refractivity (Wildman–Crippen MR) is 124 cm³/mol. The lowest BCUT2D eigenvalue weighted by atomic mass is 10.1. The van der Waals surface area contributed by atoms with Crippen molar-refractivity contribution in [3.63, 3.8) is 0 Å². The highest BCUT2D eigenvalue weighted by atomic mass is 32.2. The first kappa shape index (κ1) is 20.4. The zero-order chi connectivity index (χ0) is 20.8. The molecule has 1 aliphatic heterocycles. The van der Waals surface area contributed by atoms with E-state index in [2.05, 4.69) is 47.4 Å². The smallest absolute Gasteiger partial charge is 0.255 e. The topological polar surface area (TPSA) is 32.8 Å². The first-order chi connectivity index (χ1) is 14.7. The standard InChI is InChI=1S/C25H26N2O2S/c1-29-22-13-11-21(12-14-22)26-15-17-27(18-16-26)25(28)23-9-5-6-10-24(23)30-19-20-7-3-2-4-8-20/h2-14H,15-19H2,1H3.